The quantitative estimate of drug-likeness (QED) is 0.482. The first-order valence-corrected chi connectivity index (χ1v) is 5.43. The van der Waals surface area contributed by atoms with Crippen molar-refractivity contribution in [2.75, 3.05) is 7.11 Å². The maximum absolute atomic E-state index is 10.7. The van der Waals surface area contributed by atoms with Gasteiger partial charge in [-0.05, 0) is 33.5 Å². The van der Waals surface area contributed by atoms with Gasteiger partial charge in [0.1, 0.15) is 5.03 Å². The summed E-state index contributed by atoms with van der Waals surface area (Å²) < 4.78 is 5.35. The number of halogens is 1. The maximum Gasteiger partial charge on any atom is 0.330 e. The molecule has 0 aromatic carbocycles. The third-order valence-corrected chi connectivity index (χ3v) is 3.03. The number of hydrogen-bond acceptors (Lipinski definition) is 4. The van der Waals surface area contributed by atoms with Gasteiger partial charge < -0.3 is 4.74 Å². The Kier molecular flexibility index (Phi) is 4.69. The molecule has 0 saturated carbocycles. The van der Waals surface area contributed by atoms with Gasteiger partial charge in [-0.15, -0.1) is 0 Å². The summed E-state index contributed by atoms with van der Waals surface area (Å²) >= 11 is 4.70. The zero-order chi connectivity index (χ0) is 10.4. The number of carbonyl (C=O) groups excluding carboxylic acids is 1. The fraction of sp³-hybridized carbons (Fsp3) is 0.111. The number of carbonyl (C=O) groups is 1. The van der Waals surface area contributed by atoms with Crippen LogP contribution in [0, 0.1) is 0 Å². The minimum atomic E-state index is -0.371. The Morgan fingerprint density at radius 1 is 1.71 bits per heavy atom. The molecule has 0 N–H and O–H groups in total. The SMILES string of the molecule is COC(=O)C=CSc1ncccc1Br. The molecule has 1 aromatic heterocycles. The number of methoxy groups -OCH3 is 1. The van der Waals surface area contributed by atoms with Crippen molar-refractivity contribution < 1.29 is 9.53 Å². The van der Waals surface area contributed by atoms with Crippen LogP contribution in [0.1, 0.15) is 0 Å². The molecular weight excluding hydrogens is 266 g/mol. The third-order valence-electron chi connectivity index (χ3n) is 1.31. The molecule has 74 valence electrons. The van der Waals surface area contributed by atoms with E-state index in [0.29, 0.717) is 0 Å². The number of pyridine rings is 1. The Hall–Kier alpha value is -0.810. The molecule has 1 rings (SSSR count). The minimum absolute atomic E-state index is 0.371. The largest absolute Gasteiger partial charge is 0.466 e. The van der Waals surface area contributed by atoms with E-state index in [2.05, 4.69) is 25.7 Å². The van der Waals surface area contributed by atoms with E-state index >= 15 is 0 Å². The lowest BCUT2D eigenvalue weighted by atomic mass is 10.5. The van der Waals surface area contributed by atoms with Crippen molar-refractivity contribution in [1.82, 2.24) is 4.98 Å². The molecule has 1 aromatic rings. The van der Waals surface area contributed by atoms with Gasteiger partial charge in [-0.3, -0.25) is 0 Å². The Bertz CT molecular complexity index is 354. The van der Waals surface area contributed by atoms with E-state index in [9.17, 15) is 4.79 Å². The van der Waals surface area contributed by atoms with Crippen LogP contribution in [0.4, 0.5) is 0 Å². The lowest BCUT2D eigenvalue weighted by Gasteiger charge is -1.96. The van der Waals surface area contributed by atoms with Gasteiger partial charge in [-0.2, -0.15) is 0 Å². The second-order valence-corrected chi connectivity index (χ2v) is 3.98. The molecule has 3 nitrogen and oxygen atoms in total. The first kappa shape index (κ1) is 11.3. The van der Waals surface area contributed by atoms with Crippen LogP contribution in [0.3, 0.4) is 0 Å². The minimum Gasteiger partial charge on any atom is -0.466 e. The number of nitrogens with zero attached hydrogens (tertiary/aromatic N) is 1. The molecule has 1 heterocycles. The van der Waals surface area contributed by atoms with Crippen LogP contribution in [-0.4, -0.2) is 18.1 Å². The van der Waals surface area contributed by atoms with Crippen LogP contribution in [0.5, 0.6) is 0 Å². The third kappa shape index (κ3) is 3.51. The summed E-state index contributed by atoms with van der Waals surface area (Å²) in [5, 5.41) is 2.45. The molecule has 0 spiro atoms. The molecule has 14 heavy (non-hydrogen) atoms. The highest BCUT2D eigenvalue weighted by Crippen LogP contribution is 2.25. The highest BCUT2D eigenvalue weighted by molar-refractivity contribution is 9.10. The molecule has 5 heteroatoms. The first-order chi connectivity index (χ1) is 6.74. The molecule has 0 saturated heterocycles. The standard InChI is InChI=1S/C9H8BrNO2S/c1-13-8(12)4-6-14-9-7(10)3-2-5-11-9/h2-6H,1H3. The molecule has 0 atom stereocenters. The first-order valence-electron chi connectivity index (χ1n) is 3.75. The summed E-state index contributed by atoms with van der Waals surface area (Å²) in [6, 6.07) is 3.72. The predicted molar refractivity (Wildman–Crippen MR) is 59.0 cm³/mol. The number of thioether (sulfide) groups is 1. The van der Waals surface area contributed by atoms with E-state index in [1.807, 2.05) is 12.1 Å². The highest BCUT2D eigenvalue weighted by atomic mass is 79.9. The predicted octanol–water partition coefficient (Wildman–Crippen LogP) is 2.62. The zero-order valence-corrected chi connectivity index (χ0v) is 9.84. The topological polar surface area (TPSA) is 39.2 Å². The maximum atomic E-state index is 10.7. The highest BCUT2D eigenvalue weighted by Gasteiger charge is 1.98. The van der Waals surface area contributed by atoms with Crippen molar-refractivity contribution in [1.29, 1.82) is 0 Å². The Morgan fingerprint density at radius 3 is 3.14 bits per heavy atom. The van der Waals surface area contributed by atoms with Gasteiger partial charge in [-0.25, -0.2) is 9.78 Å². The summed E-state index contributed by atoms with van der Waals surface area (Å²) in [6.45, 7) is 0. The van der Waals surface area contributed by atoms with Crippen molar-refractivity contribution in [3.8, 4) is 0 Å². The smallest absolute Gasteiger partial charge is 0.330 e. The van der Waals surface area contributed by atoms with Gasteiger partial charge in [0.05, 0.1) is 11.6 Å². The average molecular weight is 274 g/mol. The summed E-state index contributed by atoms with van der Waals surface area (Å²) in [6.07, 6.45) is 3.05. The van der Waals surface area contributed by atoms with Gasteiger partial charge in [-0.1, -0.05) is 11.8 Å². The van der Waals surface area contributed by atoms with Crippen molar-refractivity contribution in [3.05, 3.63) is 34.3 Å². The number of hydrogen-bond donors (Lipinski definition) is 0. The zero-order valence-electron chi connectivity index (χ0n) is 7.44. The Balaban J connectivity index is 2.58. The van der Waals surface area contributed by atoms with Gasteiger partial charge >= 0.3 is 5.97 Å². The number of rotatable bonds is 3. The van der Waals surface area contributed by atoms with Crippen LogP contribution in [-0.2, 0) is 9.53 Å². The van der Waals surface area contributed by atoms with E-state index in [4.69, 9.17) is 0 Å². The Labute approximate surface area is 94.7 Å². The van der Waals surface area contributed by atoms with Crippen molar-refractivity contribution in [2.45, 2.75) is 5.03 Å². The molecule has 0 aliphatic rings. The summed E-state index contributed by atoms with van der Waals surface area (Å²) in [5.41, 5.74) is 0. The number of ether oxygens (including phenoxy) is 1. The van der Waals surface area contributed by atoms with Crippen LogP contribution in [0.2, 0.25) is 0 Å². The summed E-state index contributed by atoms with van der Waals surface area (Å²) in [4.78, 5) is 14.8. The van der Waals surface area contributed by atoms with Crippen molar-refractivity contribution >= 4 is 33.7 Å². The average Bonchev–Trinajstić information content (AvgIpc) is 2.20. The molecule has 0 fully saturated rings. The van der Waals surface area contributed by atoms with E-state index in [0.717, 1.165) is 9.50 Å². The fourth-order valence-corrected chi connectivity index (χ4v) is 1.83. The second kappa shape index (κ2) is 5.82. The summed E-state index contributed by atoms with van der Waals surface area (Å²) in [7, 11) is 1.34. The normalized spacial score (nSPS) is 10.4. The van der Waals surface area contributed by atoms with Gasteiger partial charge in [0, 0.05) is 12.3 Å². The molecule has 0 aliphatic carbocycles. The van der Waals surface area contributed by atoms with Gasteiger partial charge in [0.2, 0.25) is 0 Å². The van der Waals surface area contributed by atoms with Crippen LogP contribution in [0.15, 0.2) is 39.3 Å². The lowest BCUT2D eigenvalue weighted by Crippen LogP contribution is -1.92. The van der Waals surface area contributed by atoms with Crippen molar-refractivity contribution in [3.63, 3.8) is 0 Å². The summed E-state index contributed by atoms with van der Waals surface area (Å²) in [5.74, 6) is -0.371. The molecule has 0 radical (unpaired) electrons. The number of aromatic nitrogens is 1. The van der Waals surface area contributed by atoms with Gasteiger partial charge in [0.15, 0.2) is 0 Å². The molecular formula is C9H8BrNO2S. The van der Waals surface area contributed by atoms with E-state index in [-0.39, 0.29) is 5.97 Å². The van der Waals surface area contributed by atoms with Crippen LogP contribution >= 0.6 is 27.7 Å². The molecule has 0 bridgehead atoms. The monoisotopic (exact) mass is 273 g/mol. The second-order valence-electron chi connectivity index (χ2n) is 2.23. The Morgan fingerprint density at radius 2 is 2.50 bits per heavy atom. The van der Waals surface area contributed by atoms with E-state index in [1.165, 1.54) is 24.9 Å². The van der Waals surface area contributed by atoms with Crippen molar-refractivity contribution in [2.24, 2.45) is 0 Å². The van der Waals surface area contributed by atoms with E-state index < -0.39 is 0 Å². The molecule has 0 amide bonds. The molecule has 0 unspecified atom stereocenters. The van der Waals surface area contributed by atoms with Gasteiger partial charge in [0.25, 0.3) is 0 Å². The lowest BCUT2D eigenvalue weighted by molar-refractivity contribution is -0.134. The fourth-order valence-electron chi connectivity index (χ4n) is 0.680. The van der Waals surface area contributed by atoms with Crippen LogP contribution in [0.25, 0.3) is 0 Å². The molecule has 0 aliphatic heterocycles. The van der Waals surface area contributed by atoms with E-state index in [1.54, 1.807) is 11.6 Å². The van der Waals surface area contributed by atoms with Crippen LogP contribution < -0.4 is 0 Å². The number of esters is 1.